The van der Waals surface area contributed by atoms with E-state index in [0.29, 0.717) is 6.54 Å². The van der Waals surface area contributed by atoms with Crippen molar-refractivity contribution in [1.29, 1.82) is 0 Å². The summed E-state index contributed by atoms with van der Waals surface area (Å²) < 4.78 is 31.7. The molecule has 0 bridgehead atoms. The van der Waals surface area contributed by atoms with E-state index in [9.17, 15) is 13.2 Å². The number of hydrogen-bond acceptors (Lipinski definition) is 4. The Morgan fingerprint density at radius 2 is 2.19 bits per heavy atom. The summed E-state index contributed by atoms with van der Waals surface area (Å²) in [5.41, 5.74) is -0.121. The van der Waals surface area contributed by atoms with E-state index in [-0.39, 0.29) is 28.1 Å². The van der Waals surface area contributed by atoms with Gasteiger partial charge in [-0.1, -0.05) is 11.6 Å². The van der Waals surface area contributed by atoms with Crippen molar-refractivity contribution in [3.8, 4) is 0 Å². The summed E-state index contributed by atoms with van der Waals surface area (Å²) in [5.74, 6) is -1.19. The molecule has 0 amide bonds. The van der Waals surface area contributed by atoms with Crippen molar-refractivity contribution < 1.29 is 23.1 Å². The first-order valence-corrected chi connectivity index (χ1v) is 8.24. The number of rotatable bonds is 4. The Kier molecular flexibility index (Phi) is 4.88. The Balaban J connectivity index is 2.31. The van der Waals surface area contributed by atoms with Crippen molar-refractivity contribution in [2.45, 2.75) is 23.8 Å². The number of ether oxygens (including phenoxy) is 1. The van der Waals surface area contributed by atoms with Gasteiger partial charge in [-0.3, -0.25) is 0 Å². The van der Waals surface area contributed by atoms with E-state index in [1.165, 1.54) is 22.5 Å². The average molecular weight is 334 g/mol. The topological polar surface area (TPSA) is 83.9 Å². The molecular weight excluding hydrogens is 318 g/mol. The zero-order valence-corrected chi connectivity index (χ0v) is 13.0. The molecule has 0 aromatic heterocycles. The van der Waals surface area contributed by atoms with Crippen molar-refractivity contribution in [2.24, 2.45) is 0 Å². The highest BCUT2D eigenvalue weighted by Gasteiger charge is 2.30. The molecule has 1 aromatic carbocycles. The van der Waals surface area contributed by atoms with Gasteiger partial charge in [0.2, 0.25) is 10.0 Å². The molecule has 6 nitrogen and oxygen atoms in total. The van der Waals surface area contributed by atoms with E-state index in [4.69, 9.17) is 21.4 Å². The smallest absolute Gasteiger partial charge is 0.337 e. The van der Waals surface area contributed by atoms with Crippen LogP contribution in [0.15, 0.2) is 23.1 Å². The molecule has 1 heterocycles. The van der Waals surface area contributed by atoms with Gasteiger partial charge in [-0.25, -0.2) is 13.2 Å². The third-order valence-corrected chi connectivity index (χ3v) is 5.66. The molecule has 21 heavy (non-hydrogen) atoms. The molecule has 0 aliphatic carbocycles. The molecule has 0 spiro atoms. The highest BCUT2D eigenvalue weighted by Crippen LogP contribution is 2.26. The standard InChI is InChI=1S/C13H16ClNO5S/c1-20-9-3-2-6-15(8-9)21(18,19)10-4-5-11(13(16)17)12(14)7-10/h4-5,7,9H,2-3,6,8H2,1H3,(H,16,17). The van der Waals surface area contributed by atoms with Gasteiger partial charge in [0.05, 0.1) is 21.6 Å². The zero-order chi connectivity index (χ0) is 15.6. The zero-order valence-electron chi connectivity index (χ0n) is 11.5. The maximum Gasteiger partial charge on any atom is 0.337 e. The lowest BCUT2D eigenvalue weighted by Crippen LogP contribution is -2.42. The van der Waals surface area contributed by atoms with E-state index >= 15 is 0 Å². The normalized spacial score (nSPS) is 20.4. The minimum atomic E-state index is -3.69. The van der Waals surface area contributed by atoms with Crippen LogP contribution >= 0.6 is 11.6 Å². The summed E-state index contributed by atoms with van der Waals surface area (Å²) in [6, 6.07) is 3.65. The number of sulfonamides is 1. The van der Waals surface area contributed by atoms with E-state index in [2.05, 4.69) is 0 Å². The number of piperidine rings is 1. The molecule has 1 aliphatic heterocycles. The lowest BCUT2D eigenvalue weighted by molar-refractivity contribution is 0.0572. The average Bonchev–Trinajstić information content (AvgIpc) is 2.46. The maximum atomic E-state index is 12.5. The summed E-state index contributed by atoms with van der Waals surface area (Å²) in [7, 11) is -2.14. The Labute approximate surface area is 128 Å². The van der Waals surface area contributed by atoms with E-state index in [1.54, 1.807) is 7.11 Å². The fourth-order valence-corrected chi connectivity index (χ4v) is 4.16. The first-order chi connectivity index (χ1) is 9.86. The fourth-order valence-electron chi connectivity index (χ4n) is 2.29. The molecule has 1 fully saturated rings. The maximum absolute atomic E-state index is 12.5. The fraction of sp³-hybridized carbons (Fsp3) is 0.462. The number of carbonyl (C=O) groups is 1. The molecule has 1 atom stereocenters. The molecular formula is C13H16ClNO5S. The van der Waals surface area contributed by atoms with Gasteiger partial charge in [-0.05, 0) is 31.0 Å². The van der Waals surface area contributed by atoms with Crippen LogP contribution in [0.5, 0.6) is 0 Å². The van der Waals surface area contributed by atoms with Gasteiger partial charge in [0.25, 0.3) is 0 Å². The van der Waals surface area contributed by atoms with Crippen LogP contribution in [-0.2, 0) is 14.8 Å². The lowest BCUT2D eigenvalue weighted by Gasteiger charge is -2.31. The number of benzene rings is 1. The van der Waals surface area contributed by atoms with E-state index in [1.807, 2.05) is 0 Å². The van der Waals surface area contributed by atoms with Crippen molar-refractivity contribution >= 4 is 27.6 Å². The SMILES string of the molecule is COC1CCCN(S(=O)(=O)c2ccc(C(=O)O)c(Cl)c2)C1. The van der Waals surface area contributed by atoms with Crippen molar-refractivity contribution in [2.75, 3.05) is 20.2 Å². The number of carboxylic acids is 1. The predicted molar refractivity (Wildman–Crippen MR) is 77.2 cm³/mol. The quantitative estimate of drug-likeness (QED) is 0.908. The number of halogens is 1. The van der Waals surface area contributed by atoms with E-state index < -0.39 is 16.0 Å². The van der Waals surface area contributed by atoms with Gasteiger partial charge >= 0.3 is 5.97 Å². The summed E-state index contributed by atoms with van der Waals surface area (Å²) >= 11 is 5.84. The minimum absolute atomic E-state index is 0.00532. The summed E-state index contributed by atoms with van der Waals surface area (Å²) in [5, 5.41) is 8.82. The highest BCUT2D eigenvalue weighted by molar-refractivity contribution is 7.89. The first kappa shape index (κ1) is 16.2. The second kappa shape index (κ2) is 6.31. The van der Waals surface area contributed by atoms with Crippen LogP contribution in [0.2, 0.25) is 5.02 Å². The van der Waals surface area contributed by atoms with Crippen molar-refractivity contribution in [3.05, 3.63) is 28.8 Å². The van der Waals surface area contributed by atoms with Gasteiger partial charge < -0.3 is 9.84 Å². The number of methoxy groups -OCH3 is 1. The van der Waals surface area contributed by atoms with Crippen LogP contribution in [0.3, 0.4) is 0 Å². The van der Waals surface area contributed by atoms with Gasteiger partial charge in [-0.15, -0.1) is 0 Å². The molecule has 8 heteroatoms. The van der Waals surface area contributed by atoms with Gasteiger partial charge in [0.1, 0.15) is 0 Å². The molecule has 2 rings (SSSR count). The largest absolute Gasteiger partial charge is 0.478 e. The Hall–Kier alpha value is -1.15. The molecule has 1 N–H and O–H groups in total. The number of hydrogen-bond donors (Lipinski definition) is 1. The number of nitrogens with zero attached hydrogens (tertiary/aromatic N) is 1. The van der Waals surface area contributed by atoms with Crippen molar-refractivity contribution in [1.82, 2.24) is 4.31 Å². The molecule has 116 valence electrons. The van der Waals surface area contributed by atoms with Crippen LogP contribution in [0.4, 0.5) is 0 Å². The second-order valence-corrected chi connectivity index (χ2v) is 7.15. The van der Waals surface area contributed by atoms with E-state index in [0.717, 1.165) is 12.8 Å². The summed E-state index contributed by atoms with van der Waals surface area (Å²) in [6.45, 7) is 0.706. The van der Waals surface area contributed by atoms with Crippen LogP contribution in [0.25, 0.3) is 0 Å². The van der Waals surface area contributed by atoms with Crippen LogP contribution in [0, 0.1) is 0 Å². The van der Waals surface area contributed by atoms with Crippen molar-refractivity contribution in [3.63, 3.8) is 0 Å². The molecule has 1 aliphatic rings. The Bertz CT molecular complexity index is 646. The van der Waals surface area contributed by atoms with Gasteiger partial charge in [0, 0.05) is 20.2 Å². The number of carboxylic acid groups (broad SMARTS) is 1. The number of aromatic carboxylic acids is 1. The molecule has 1 unspecified atom stereocenters. The van der Waals surface area contributed by atoms with Crippen LogP contribution < -0.4 is 0 Å². The minimum Gasteiger partial charge on any atom is -0.478 e. The molecule has 0 radical (unpaired) electrons. The highest BCUT2D eigenvalue weighted by atomic mass is 35.5. The van der Waals surface area contributed by atoms with Crippen LogP contribution in [-0.4, -0.2) is 50.1 Å². The lowest BCUT2D eigenvalue weighted by atomic mass is 10.1. The second-order valence-electron chi connectivity index (χ2n) is 4.81. The molecule has 0 saturated carbocycles. The molecule has 1 aromatic rings. The Morgan fingerprint density at radius 3 is 2.76 bits per heavy atom. The third kappa shape index (κ3) is 3.37. The van der Waals surface area contributed by atoms with Gasteiger partial charge in [-0.2, -0.15) is 4.31 Å². The van der Waals surface area contributed by atoms with Crippen LogP contribution in [0.1, 0.15) is 23.2 Å². The summed E-state index contributed by atoms with van der Waals surface area (Å²) in [6.07, 6.45) is 1.42. The predicted octanol–water partition coefficient (Wildman–Crippen LogP) is 1.84. The third-order valence-electron chi connectivity index (χ3n) is 3.48. The summed E-state index contributed by atoms with van der Waals surface area (Å²) in [4.78, 5) is 10.9. The molecule has 1 saturated heterocycles. The monoisotopic (exact) mass is 333 g/mol. The Morgan fingerprint density at radius 1 is 1.48 bits per heavy atom. The van der Waals surface area contributed by atoms with Gasteiger partial charge in [0.15, 0.2) is 0 Å². The first-order valence-electron chi connectivity index (χ1n) is 6.42.